The molecule has 2 radical (unpaired) electrons. The van der Waals surface area contributed by atoms with Gasteiger partial charge in [-0.15, -0.1) is 0 Å². The molecule has 0 N–H and O–H groups in total. The van der Waals surface area contributed by atoms with Gasteiger partial charge in [-0.3, -0.25) is 4.79 Å². The maximum absolute atomic E-state index is 10.6. The van der Waals surface area contributed by atoms with Crippen molar-refractivity contribution in [3.05, 3.63) is 0 Å². The standard InChI is InChI=1S/C7H15BOPS/c1-4-10(8,5-2)6-11-7(3)9/h4-6H2,1-3H3/q+1. The van der Waals surface area contributed by atoms with Gasteiger partial charge in [-0.25, -0.2) is 0 Å². The molecule has 0 aliphatic carbocycles. The zero-order chi connectivity index (χ0) is 8.91. The van der Waals surface area contributed by atoms with E-state index in [0.29, 0.717) is 0 Å². The molecule has 0 saturated heterocycles. The molecular formula is C7H15BOPS+. The molecule has 0 amide bonds. The van der Waals surface area contributed by atoms with E-state index in [2.05, 4.69) is 13.8 Å². The molecule has 0 bridgehead atoms. The number of carbonyl (C=O) groups excluding carboxylic acids is 1. The molecule has 4 heteroatoms. The molecule has 11 heavy (non-hydrogen) atoms. The highest BCUT2D eigenvalue weighted by Crippen LogP contribution is 2.55. The van der Waals surface area contributed by atoms with Crippen LogP contribution >= 0.6 is 18.9 Å². The molecule has 62 valence electrons. The highest BCUT2D eigenvalue weighted by atomic mass is 32.2. The van der Waals surface area contributed by atoms with Crippen molar-refractivity contribution in [2.45, 2.75) is 20.8 Å². The number of hydrogen-bond donors (Lipinski definition) is 0. The van der Waals surface area contributed by atoms with Gasteiger partial charge in [0.2, 0.25) is 0 Å². The first-order valence-corrected chi connectivity index (χ1v) is 7.22. The van der Waals surface area contributed by atoms with E-state index in [1.807, 2.05) is 0 Å². The van der Waals surface area contributed by atoms with Crippen LogP contribution in [0.25, 0.3) is 0 Å². The minimum atomic E-state index is -1.24. The lowest BCUT2D eigenvalue weighted by Crippen LogP contribution is -2.02. The van der Waals surface area contributed by atoms with Crippen molar-refractivity contribution < 1.29 is 4.79 Å². The van der Waals surface area contributed by atoms with Gasteiger partial charge >= 0.3 is 7.57 Å². The third kappa shape index (κ3) is 4.87. The normalized spacial score (nSPS) is 11.5. The predicted molar refractivity (Wildman–Crippen MR) is 56.9 cm³/mol. The monoisotopic (exact) mass is 189 g/mol. The quantitative estimate of drug-likeness (QED) is 0.498. The summed E-state index contributed by atoms with van der Waals surface area (Å²) in [5.41, 5.74) is 0.856. The van der Waals surface area contributed by atoms with Crippen LogP contribution < -0.4 is 0 Å². The van der Waals surface area contributed by atoms with Crippen molar-refractivity contribution in [2.24, 2.45) is 0 Å². The lowest BCUT2D eigenvalue weighted by atomic mass is 10.7. The summed E-state index contributed by atoms with van der Waals surface area (Å²) in [5, 5.41) is 0.182. The lowest BCUT2D eigenvalue weighted by molar-refractivity contribution is -0.109. The van der Waals surface area contributed by atoms with Crippen molar-refractivity contribution in [1.82, 2.24) is 0 Å². The Hall–Kier alpha value is 0.515. The Balaban J connectivity index is 3.78. The number of carbonyl (C=O) groups is 1. The van der Waals surface area contributed by atoms with Crippen LogP contribution in [0.3, 0.4) is 0 Å². The van der Waals surface area contributed by atoms with Crippen LogP contribution in [-0.2, 0) is 4.79 Å². The summed E-state index contributed by atoms with van der Waals surface area (Å²) >= 11 is 1.37. The molecule has 0 aliphatic heterocycles. The molecule has 0 spiro atoms. The van der Waals surface area contributed by atoms with Crippen LogP contribution in [0.15, 0.2) is 0 Å². The molecule has 0 unspecified atom stereocenters. The van der Waals surface area contributed by atoms with E-state index in [-0.39, 0.29) is 5.12 Å². The molecule has 0 heterocycles. The number of rotatable bonds is 4. The molecule has 0 rings (SSSR count). The van der Waals surface area contributed by atoms with Crippen molar-refractivity contribution in [2.75, 3.05) is 17.8 Å². The molecule has 1 nitrogen and oxygen atoms in total. The molecule has 0 atom stereocenters. The van der Waals surface area contributed by atoms with Gasteiger partial charge in [-0.2, -0.15) is 0 Å². The Morgan fingerprint density at radius 2 is 1.91 bits per heavy atom. The Morgan fingerprint density at radius 1 is 1.45 bits per heavy atom. The second kappa shape index (κ2) is 5.21. The summed E-state index contributed by atoms with van der Waals surface area (Å²) in [6.45, 7) is 5.82. The maximum atomic E-state index is 10.6. The van der Waals surface area contributed by atoms with E-state index in [0.717, 1.165) is 17.8 Å². The van der Waals surface area contributed by atoms with Crippen molar-refractivity contribution in [1.29, 1.82) is 0 Å². The molecule has 0 aromatic heterocycles. The van der Waals surface area contributed by atoms with Gasteiger partial charge in [0.05, 0.1) is 5.49 Å². The van der Waals surface area contributed by atoms with E-state index in [1.165, 1.54) is 11.8 Å². The number of thioether (sulfide) groups is 1. The van der Waals surface area contributed by atoms with Gasteiger partial charge in [0.25, 0.3) is 0 Å². The Kier molecular flexibility index (Phi) is 5.46. The SMILES string of the molecule is [B][P+](CC)(CC)CSC(C)=O. The van der Waals surface area contributed by atoms with Gasteiger partial charge in [-0.05, 0) is 32.8 Å². The zero-order valence-electron chi connectivity index (χ0n) is 7.46. The van der Waals surface area contributed by atoms with Crippen LogP contribution in [0.1, 0.15) is 20.8 Å². The minimum absolute atomic E-state index is 0.182. The van der Waals surface area contributed by atoms with Crippen molar-refractivity contribution >= 4 is 31.6 Å². The first kappa shape index (κ1) is 11.5. The summed E-state index contributed by atoms with van der Waals surface area (Å²) in [5.74, 6) is 0. The fourth-order valence-corrected chi connectivity index (χ4v) is 4.29. The molecular weight excluding hydrogens is 174 g/mol. The third-order valence-corrected chi connectivity index (χ3v) is 7.28. The summed E-state index contributed by atoms with van der Waals surface area (Å²) in [6.07, 6.45) is 2.09. The summed E-state index contributed by atoms with van der Waals surface area (Å²) in [7, 11) is 4.84. The van der Waals surface area contributed by atoms with Gasteiger partial charge in [-0.1, -0.05) is 0 Å². The molecule has 0 aliphatic rings. The van der Waals surface area contributed by atoms with E-state index >= 15 is 0 Å². The van der Waals surface area contributed by atoms with Crippen LogP contribution in [0, 0.1) is 0 Å². The average molecular weight is 189 g/mol. The van der Waals surface area contributed by atoms with Gasteiger partial charge in [0.1, 0.15) is 0 Å². The van der Waals surface area contributed by atoms with Crippen LogP contribution in [0.4, 0.5) is 0 Å². The van der Waals surface area contributed by atoms with Crippen molar-refractivity contribution in [3.63, 3.8) is 0 Å². The topological polar surface area (TPSA) is 17.1 Å². The first-order chi connectivity index (χ1) is 5.04. The Bertz CT molecular complexity index is 136. The first-order valence-electron chi connectivity index (χ1n) is 3.82. The smallest absolute Gasteiger partial charge is 0.287 e. The highest BCUT2D eigenvalue weighted by molar-refractivity contribution is 8.22. The summed E-state index contributed by atoms with van der Waals surface area (Å²) < 4.78 is 0. The zero-order valence-corrected chi connectivity index (χ0v) is 9.17. The maximum Gasteiger partial charge on any atom is 0.366 e. The molecule has 0 aromatic rings. The Labute approximate surface area is 75.4 Å². The van der Waals surface area contributed by atoms with Crippen molar-refractivity contribution in [3.8, 4) is 0 Å². The highest BCUT2D eigenvalue weighted by Gasteiger charge is 2.27. The molecule has 0 fully saturated rings. The van der Waals surface area contributed by atoms with Gasteiger partial charge < -0.3 is 0 Å². The fourth-order valence-electron chi connectivity index (χ4n) is 0.626. The van der Waals surface area contributed by atoms with E-state index in [9.17, 15) is 4.79 Å². The van der Waals surface area contributed by atoms with Crippen LogP contribution in [0.2, 0.25) is 0 Å². The summed E-state index contributed by atoms with van der Waals surface area (Å²) in [6, 6.07) is 0. The lowest BCUT2D eigenvalue weighted by Gasteiger charge is -2.18. The Morgan fingerprint density at radius 3 is 2.18 bits per heavy atom. The van der Waals surface area contributed by atoms with Crippen LogP contribution in [0.5, 0.6) is 0 Å². The second-order valence-electron chi connectivity index (χ2n) is 2.62. The van der Waals surface area contributed by atoms with E-state index in [4.69, 9.17) is 7.57 Å². The van der Waals surface area contributed by atoms with Crippen LogP contribution in [-0.4, -0.2) is 30.5 Å². The summed E-state index contributed by atoms with van der Waals surface area (Å²) in [4.78, 5) is 10.6. The average Bonchev–Trinajstić information content (AvgIpc) is 2.00. The largest absolute Gasteiger partial charge is 0.366 e. The predicted octanol–water partition coefficient (Wildman–Crippen LogP) is 2.36. The third-order valence-electron chi connectivity index (χ3n) is 1.78. The van der Waals surface area contributed by atoms with Gasteiger partial charge in [0.15, 0.2) is 5.12 Å². The fraction of sp³-hybridized carbons (Fsp3) is 0.857. The second-order valence-corrected chi connectivity index (χ2v) is 8.21. The molecule has 0 saturated carbocycles. The van der Waals surface area contributed by atoms with E-state index < -0.39 is 7.14 Å². The van der Waals surface area contributed by atoms with Gasteiger partial charge in [0, 0.05) is 19.2 Å². The number of hydrogen-bond acceptors (Lipinski definition) is 2. The van der Waals surface area contributed by atoms with E-state index in [1.54, 1.807) is 6.92 Å². The minimum Gasteiger partial charge on any atom is -0.287 e. The molecule has 0 aromatic carbocycles.